The Hall–Kier alpha value is -3.33. The highest BCUT2D eigenvalue weighted by Crippen LogP contribution is 2.32. The van der Waals surface area contributed by atoms with Crippen molar-refractivity contribution in [2.75, 3.05) is 18.6 Å². The smallest absolute Gasteiger partial charge is 0.249 e. The predicted molar refractivity (Wildman–Crippen MR) is 108 cm³/mol. The monoisotopic (exact) mass is 410 g/mol. The molecule has 0 bridgehead atoms. The van der Waals surface area contributed by atoms with Crippen LogP contribution in [0.3, 0.4) is 0 Å². The van der Waals surface area contributed by atoms with Crippen molar-refractivity contribution < 1.29 is 19.1 Å². The molecular weight excluding hydrogens is 392 g/mol. The third kappa shape index (κ3) is 3.95. The Bertz CT molecular complexity index is 1070. The van der Waals surface area contributed by atoms with Gasteiger partial charge in [0.05, 0.1) is 29.6 Å². The third-order valence-electron chi connectivity index (χ3n) is 4.61. The summed E-state index contributed by atoms with van der Waals surface area (Å²) in [4.78, 5) is 48.3. The van der Waals surface area contributed by atoms with Gasteiger partial charge in [0.15, 0.2) is 5.13 Å². The van der Waals surface area contributed by atoms with Crippen molar-refractivity contribution in [1.29, 1.82) is 0 Å². The standard InChI is InChI=1S/C20H18N4O4S/c1-28-14-5-6-16-15(10-14)22-20(29-16)24(11-13-4-2-3-9-21-13)19(27)12-23-17(25)7-8-18(23)26/h2-6,9-10H,7-8,11-12H2,1H3. The first-order chi connectivity index (χ1) is 14.0. The van der Waals surface area contributed by atoms with E-state index in [1.165, 1.54) is 16.2 Å². The number of rotatable bonds is 6. The molecule has 2 aromatic heterocycles. The number of pyridine rings is 1. The number of anilines is 1. The second-order valence-corrected chi connectivity index (χ2v) is 7.51. The molecule has 1 aromatic carbocycles. The van der Waals surface area contributed by atoms with Crippen LogP contribution in [0.5, 0.6) is 5.75 Å². The second kappa shape index (κ2) is 7.96. The van der Waals surface area contributed by atoms with Crippen molar-refractivity contribution in [3.8, 4) is 5.75 Å². The van der Waals surface area contributed by atoms with Crippen LogP contribution in [-0.2, 0) is 20.9 Å². The number of fused-ring (bicyclic) bond motifs is 1. The number of methoxy groups -OCH3 is 1. The van der Waals surface area contributed by atoms with Gasteiger partial charge < -0.3 is 4.74 Å². The van der Waals surface area contributed by atoms with Gasteiger partial charge in [-0.15, -0.1) is 0 Å². The van der Waals surface area contributed by atoms with Crippen LogP contribution in [0.25, 0.3) is 10.2 Å². The number of likely N-dealkylation sites (tertiary alicyclic amines) is 1. The SMILES string of the molecule is COc1ccc2sc(N(Cc3ccccn3)C(=O)CN3C(=O)CCC3=O)nc2c1. The summed E-state index contributed by atoms with van der Waals surface area (Å²) in [6, 6.07) is 10.9. The number of hydrogen-bond acceptors (Lipinski definition) is 7. The Morgan fingerprint density at radius 3 is 2.69 bits per heavy atom. The molecular formula is C20H18N4O4S. The summed E-state index contributed by atoms with van der Waals surface area (Å²) in [5, 5.41) is 0.475. The van der Waals surface area contributed by atoms with E-state index in [2.05, 4.69) is 9.97 Å². The van der Waals surface area contributed by atoms with Gasteiger partial charge in [-0.25, -0.2) is 4.98 Å². The highest BCUT2D eigenvalue weighted by Gasteiger charge is 2.33. The molecule has 0 N–H and O–H groups in total. The van der Waals surface area contributed by atoms with Crippen molar-refractivity contribution in [1.82, 2.24) is 14.9 Å². The van der Waals surface area contributed by atoms with Gasteiger partial charge in [0.1, 0.15) is 12.3 Å². The molecule has 0 spiro atoms. The molecule has 1 fully saturated rings. The van der Waals surface area contributed by atoms with Crippen molar-refractivity contribution >= 4 is 44.4 Å². The van der Waals surface area contributed by atoms with Gasteiger partial charge in [0.2, 0.25) is 17.7 Å². The van der Waals surface area contributed by atoms with Crippen molar-refractivity contribution in [3.05, 3.63) is 48.3 Å². The first-order valence-electron chi connectivity index (χ1n) is 9.03. The van der Waals surface area contributed by atoms with E-state index in [4.69, 9.17) is 4.74 Å². The van der Waals surface area contributed by atoms with Crippen LogP contribution in [-0.4, -0.2) is 46.2 Å². The van der Waals surface area contributed by atoms with Gasteiger partial charge in [-0.3, -0.25) is 29.2 Å². The maximum absolute atomic E-state index is 13.1. The highest BCUT2D eigenvalue weighted by atomic mass is 32.1. The molecule has 1 aliphatic rings. The highest BCUT2D eigenvalue weighted by molar-refractivity contribution is 7.22. The number of nitrogens with zero attached hydrogens (tertiary/aromatic N) is 4. The summed E-state index contributed by atoms with van der Waals surface area (Å²) in [7, 11) is 1.58. The lowest BCUT2D eigenvalue weighted by molar-refractivity contribution is -0.141. The van der Waals surface area contributed by atoms with Gasteiger partial charge in [-0.2, -0.15) is 0 Å². The number of aromatic nitrogens is 2. The van der Waals surface area contributed by atoms with Crippen molar-refractivity contribution in [2.24, 2.45) is 0 Å². The number of carbonyl (C=O) groups excluding carboxylic acids is 3. The van der Waals surface area contributed by atoms with E-state index in [0.29, 0.717) is 22.1 Å². The number of carbonyl (C=O) groups is 3. The third-order valence-corrected chi connectivity index (χ3v) is 5.67. The van der Waals surface area contributed by atoms with Gasteiger partial charge in [-0.1, -0.05) is 17.4 Å². The van der Waals surface area contributed by atoms with Gasteiger partial charge in [0, 0.05) is 25.1 Å². The average molecular weight is 410 g/mol. The Morgan fingerprint density at radius 1 is 1.21 bits per heavy atom. The topological polar surface area (TPSA) is 92.7 Å². The minimum atomic E-state index is -0.384. The minimum absolute atomic E-state index is 0.146. The van der Waals surface area contributed by atoms with E-state index in [-0.39, 0.29) is 43.7 Å². The summed E-state index contributed by atoms with van der Waals surface area (Å²) in [5.74, 6) is -0.360. The maximum atomic E-state index is 13.1. The number of hydrogen-bond donors (Lipinski definition) is 0. The first kappa shape index (κ1) is 19.0. The molecule has 29 heavy (non-hydrogen) atoms. The predicted octanol–water partition coefficient (Wildman–Crippen LogP) is 2.38. The lowest BCUT2D eigenvalue weighted by Gasteiger charge is -2.22. The largest absolute Gasteiger partial charge is 0.497 e. The van der Waals surface area contributed by atoms with Crippen molar-refractivity contribution in [2.45, 2.75) is 19.4 Å². The van der Waals surface area contributed by atoms with Gasteiger partial charge in [0.25, 0.3) is 0 Å². The minimum Gasteiger partial charge on any atom is -0.497 e. The van der Waals surface area contributed by atoms with Crippen LogP contribution in [0.1, 0.15) is 18.5 Å². The van der Waals surface area contributed by atoms with Crippen LogP contribution in [0.15, 0.2) is 42.6 Å². The van der Waals surface area contributed by atoms with Crippen molar-refractivity contribution in [3.63, 3.8) is 0 Å². The molecule has 0 radical (unpaired) electrons. The number of ether oxygens (including phenoxy) is 1. The van der Waals surface area contributed by atoms with Crippen LogP contribution in [0.4, 0.5) is 5.13 Å². The lowest BCUT2D eigenvalue weighted by atomic mass is 10.3. The van der Waals surface area contributed by atoms with Crippen LogP contribution in [0.2, 0.25) is 0 Å². The number of benzene rings is 1. The molecule has 1 aliphatic heterocycles. The summed E-state index contributed by atoms with van der Waals surface area (Å²) >= 11 is 1.35. The summed E-state index contributed by atoms with van der Waals surface area (Å²) < 4.78 is 6.14. The molecule has 148 valence electrons. The molecule has 3 aromatic rings. The quantitative estimate of drug-likeness (QED) is 0.580. The average Bonchev–Trinajstić information content (AvgIpc) is 3.30. The second-order valence-electron chi connectivity index (χ2n) is 6.50. The van der Waals surface area contributed by atoms with E-state index >= 15 is 0 Å². The molecule has 3 amide bonds. The normalized spacial score (nSPS) is 13.9. The Balaban J connectivity index is 1.67. The number of imide groups is 1. The zero-order valence-corrected chi connectivity index (χ0v) is 16.5. The Labute approximate surface area is 170 Å². The molecule has 0 saturated carbocycles. The number of thiazole rings is 1. The van der Waals surface area contributed by atoms with E-state index < -0.39 is 0 Å². The van der Waals surface area contributed by atoms with Gasteiger partial charge in [-0.05, 0) is 24.3 Å². The number of amides is 3. The molecule has 0 atom stereocenters. The molecule has 8 nitrogen and oxygen atoms in total. The molecule has 0 aliphatic carbocycles. The van der Waals surface area contributed by atoms with Crippen LogP contribution in [0, 0.1) is 0 Å². The van der Waals surface area contributed by atoms with E-state index in [1.54, 1.807) is 25.4 Å². The van der Waals surface area contributed by atoms with Crippen LogP contribution >= 0.6 is 11.3 Å². The van der Waals surface area contributed by atoms with E-state index in [9.17, 15) is 14.4 Å². The fourth-order valence-electron chi connectivity index (χ4n) is 3.07. The Morgan fingerprint density at radius 2 is 2.00 bits per heavy atom. The molecule has 3 heterocycles. The summed E-state index contributed by atoms with van der Waals surface area (Å²) in [5.41, 5.74) is 1.38. The summed E-state index contributed by atoms with van der Waals surface area (Å²) in [6.07, 6.45) is 1.94. The van der Waals surface area contributed by atoms with Gasteiger partial charge >= 0.3 is 0 Å². The zero-order chi connectivity index (χ0) is 20.4. The molecule has 4 rings (SSSR count). The zero-order valence-electron chi connectivity index (χ0n) is 15.7. The fraction of sp³-hybridized carbons (Fsp3) is 0.250. The first-order valence-corrected chi connectivity index (χ1v) is 9.85. The van der Waals surface area contributed by atoms with E-state index in [1.807, 2.05) is 24.3 Å². The summed E-state index contributed by atoms with van der Waals surface area (Å²) in [6.45, 7) is -0.114. The Kier molecular flexibility index (Phi) is 5.22. The fourth-order valence-corrected chi connectivity index (χ4v) is 4.04. The maximum Gasteiger partial charge on any atom is 0.249 e. The van der Waals surface area contributed by atoms with E-state index in [0.717, 1.165) is 9.60 Å². The molecule has 1 saturated heterocycles. The molecule has 0 unspecified atom stereocenters. The van der Waals surface area contributed by atoms with Crippen LogP contribution < -0.4 is 9.64 Å². The molecule has 9 heteroatoms. The lowest BCUT2D eigenvalue weighted by Crippen LogP contribution is -2.42.